The van der Waals surface area contributed by atoms with Crippen LogP contribution in [0.1, 0.15) is 40.3 Å². The molecule has 9 heteroatoms. The number of nitrogens with zero attached hydrogens (tertiary/aromatic N) is 2. The van der Waals surface area contributed by atoms with E-state index in [2.05, 4.69) is 25.9 Å². The highest BCUT2D eigenvalue weighted by Gasteiger charge is 2.24. The number of halogens is 1. The molecule has 0 unspecified atom stereocenters. The summed E-state index contributed by atoms with van der Waals surface area (Å²) in [5, 5.41) is 9.21. The first kappa shape index (κ1) is 25.2. The maximum absolute atomic E-state index is 11.9. The van der Waals surface area contributed by atoms with Gasteiger partial charge in [-0.2, -0.15) is 0 Å². The van der Waals surface area contributed by atoms with Gasteiger partial charge in [0.1, 0.15) is 5.60 Å². The first-order valence-electron chi connectivity index (χ1n) is 8.50. The molecule has 0 aliphatic rings. The van der Waals surface area contributed by atoms with Gasteiger partial charge in [0.05, 0.1) is 24.9 Å². The fourth-order valence-corrected chi connectivity index (χ4v) is 1.99. The highest BCUT2D eigenvalue weighted by Crippen LogP contribution is 2.09. The van der Waals surface area contributed by atoms with Crippen LogP contribution in [0.5, 0.6) is 5.88 Å². The number of nitrogens with one attached hydrogen (secondary N) is 3. The van der Waals surface area contributed by atoms with Gasteiger partial charge in [-0.05, 0) is 40.7 Å². The van der Waals surface area contributed by atoms with Crippen LogP contribution in [0.15, 0.2) is 23.2 Å². The minimum absolute atomic E-state index is 0. The van der Waals surface area contributed by atoms with E-state index in [4.69, 9.17) is 9.47 Å². The number of aromatic nitrogens is 1. The molecule has 27 heavy (non-hydrogen) atoms. The summed E-state index contributed by atoms with van der Waals surface area (Å²) < 4.78 is 10.4. The minimum Gasteiger partial charge on any atom is -0.481 e. The number of aliphatic imine (C=N–C) groups is 1. The fourth-order valence-electron chi connectivity index (χ4n) is 1.99. The van der Waals surface area contributed by atoms with Crippen molar-refractivity contribution in [1.82, 2.24) is 20.9 Å². The van der Waals surface area contributed by atoms with Gasteiger partial charge in [0.15, 0.2) is 5.96 Å². The lowest BCUT2D eigenvalue weighted by atomic mass is 10.1. The van der Waals surface area contributed by atoms with E-state index < -0.39 is 17.2 Å². The van der Waals surface area contributed by atoms with Crippen molar-refractivity contribution in [2.75, 3.05) is 20.7 Å². The molecule has 0 saturated carbocycles. The molecule has 1 aromatic heterocycles. The quantitative estimate of drug-likeness (QED) is 0.321. The molecule has 0 saturated heterocycles. The van der Waals surface area contributed by atoms with E-state index in [1.54, 1.807) is 20.2 Å². The zero-order chi connectivity index (χ0) is 19.8. The molecule has 0 fully saturated rings. The van der Waals surface area contributed by atoms with Crippen LogP contribution in [0.4, 0.5) is 4.79 Å². The third kappa shape index (κ3) is 10.8. The SMILES string of the molecule is CN=C(NCc1cccc(OC)n1)NCC(C)(C)NC(=O)OC(C)(C)C.I. The number of rotatable bonds is 6. The third-order valence-corrected chi connectivity index (χ3v) is 3.19. The number of guanidine groups is 1. The smallest absolute Gasteiger partial charge is 0.408 e. The number of carbonyl (C=O) groups is 1. The lowest BCUT2D eigenvalue weighted by Crippen LogP contribution is -2.54. The molecular formula is C18H32IN5O3. The Morgan fingerprint density at radius 1 is 1.19 bits per heavy atom. The largest absolute Gasteiger partial charge is 0.481 e. The molecule has 0 aliphatic carbocycles. The minimum atomic E-state index is -0.533. The molecule has 3 N–H and O–H groups in total. The Balaban J connectivity index is 0.00000676. The Hall–Kier alpha value is -1.78. The summed E-state index contributed by atoms with van der Waals surface area (Å²) in [7, 11) is 3.27. The maximum atomic E-state index is 11.9. The lowest BCUT2D eigenvalue weighted by Gasteiger charge is -2.29. The van der Waals surface area contributed by atoms with Gasteiger partial charge < -0.3 is 25.4 Å². The van der Waals surface area contributed by atoms with Crippen LogP contribution in [0, 0.1) is 0 Å². The van der Waals surface area contributed by atoms with E-state index in [0.717, 1.165) is 5.69 Å². The number of carbonyl (C=O) groups excluding carboxylic acids is 1. The monoisotopic (exact) mass is 493 g/mol. The van der Waals surface area contributed by atoms with Gasteiger partial charge in [0.2, 0.25) is 5.88 Å². The van der Waals surface area contributed by atoms with Crippen LogP contribution in [-0.2, 0) is 11.3 Å². The van der Waals surface area contributed by atoms with Gasteiger partial charge in [-0.3, -0.25) is 4.99 Å². The molecule has 154 valence electrons. The van der Waals surface area contributed by atoms with E-state index in [0.29, 0.717) is 24.9 Å². The second-order valence-corrected chi connectivity index (χ2v) is 7.46. The van der Waals surface area contributed by atoms with Crippen LogP contribution >= 0.6 is 24.0 Å². The van der Waals surface area contributed by atoms with E-state index in [1.165, 1.54) is 0 Å². The Bertz CT molecular complexity index is 630. The summed E-state index contributed by atoms with van der Waals surface area (Å²) in [6.07, 6.45) is -0.451. The van der Waals surface area contributed by atoms with Crippen molar-refractivity contribution in [1.29, 1.82) is 0 Å². The van der Waals surface area contributed by atoms with Crippen molar-refractivity contribution < 1.29 is 14.3 Å². The molecule has 1 heterocycles. The highest BCUT2D eigenvalue weighted by atomic mass is 127. The van der Waals surface area contributed by atoms with Crippen LogP contribution in [-0.4, -0.2) is 48.9 Å². The first-order valence-corrected chi connectivity index (χ1v) is 8.50. The molecule has 1 aromatic rings. The van der Waals surface area contributed by atoms with Crippen molar-refractivity contribution in [3.8, 4) is 5.88 Å². The van der Waals surface area contributed by atoms with Crippen molar-refractivity contribution in [2.45, 2.75) is 52.3 Å². The topological polar surface area (TPSA) is 96.9 Å². The number of pyridine rings is 1. The van der Waals surface area contributed by atoms with Gasteiger partial charge in [-0.25, -0.2) is 9.78 Å². The Kier molecular flexibility index (Phi) is 10.4. The van der Waals surface area contributed by atoms with E-state index in [9.17, 15) is 4.79 Å². The number of amides is 1. The number of hydrogen-bond acceptors (Lipinski definition) is 5. The van der Waals surface area contributed by atoms with Crippen LogP contribution in [0.2, 0.25) is 0 Å². The summed E-state index contributed by atoms with van der Waals surface area (Å²) in [6, 6.07) is 5.57. The second kappa shape index (κ2) is 11.2. The lowest BCUT2D eigenvalue weighted by molar-refractivity contribution is 0.0474. The summed E-state index contributed by atoms with van der Waals surface area (Å²) in [4.78, 5) is 20.5. The molecular weight excluding hydrogens is 461 g/mol. The van der Waals surface area contributed by atoms with Gasteiger partial charge in [0.25, 0.3) is 0 Å². The van der Waals surface area contributed by atoms with Crippen molar-refractivity contribution in [2.24, 2.45) is 4.99 Å². The molecule has 0 atom stereocenters. The number of hydrogen-bond donors (Lipinski definition) is 3. The number of methoxy groups -OCH3 is 1. The summed E-state index contributed by atoms with van der Waals surface area (Å²) in [5.74, 6) is 1.17. The van der Waals surface area contributed by atoms with Crippen molar-refractivity contribution in [3.63, 3.8) is 0 Å². The average Bonchev–Trinajstić information content (AvgIpc) is 2.52. The molecule has 0 aromatic carbocycles. The maximum Gasteiger partial charge on any atom is 0.408 e. The van der Waals surface area contributed by atoms with E-state index >= 15 is 0 Å². The van der Waals surface area contributed by atoms with Crippen LogP contribution in [0.25, 0.3) is 0 Å². The average molecular weight is 493 g/mol. The fraction of sp³-hybridized carbons (Fsp3) is 0.611. The number of ether oxygens (including phenoxy) is 2. The second-order valence-electron chi connectivity index (χ2n) is 7.46. The van der Waals surface area contributed by atoms with Gasteiger partial charge in [-0.1, -0.05) is 6.07 Å². The molecule has 0 radical (unpaired) electrons. The third-order valence-electron chi connectivity index (χ3n) is 3.19. The molecule has 0 spiro atoms. The normalized spacial score (nSPS) is 11.9. The standard InChI is InChI=1S/C18H31N5O3.HI/c1-17(2,3)26-16(24)23-18(4,5)12-21-15(19-6)20-11-13-9-8-10-14(22-13)25-7;/h8-10H,11-12H2,1-7H3,(H,23,24)(H2,19,20,21);1H. The van der Waals surface area contributed by atoms with Crippen LogP contribution < -0.4 is 20.7 Å². The summed E-state index contributed by atoms with van der Waals surface area (Å²) in [6.45, 7) is 10.3. The van der Waals surface area contributed by atoms with Gasteiger partial charge in [0, 0.05) is 19.7 Å². The van der Waals surface area contributed by atoms with E-state index in [1.807, 2.05) is 46.8 Å². The highest BCUT2D eigenvalue weighted by molar-refractivity contribution is 14.0. The molecule has 0 aliphatic heterocycles. The number of alkyl carbamates (subject to hydrolysis) is 1. The van der Waals surface area contributed by atoms with Gasteiger partial charge >= 0.3 is 6.09 Å². The predicted octanol–water partition coefficient (Wildman–Crippen LogP) is 2.68. The zero-order valence-corrected chi connectivity index (χ0v) is 19.5. The predicted molar refractivity (Wildman–Crippen MR) is 118 cm³/mol. The Morgan fingerprint density at radius 2 is 1.85 bits per heavy atom. The Morgan fingerprint density at radius 3 is 2.41 bits per heavy atom. The Labute approximate surface area is 178 Å². The van der Waals surface area contributed by atoms with Crippen molar-refractivity contribution >= 4 is 36.0 Å². The van der Waals surface area contributed by atoms with E-state index in [-0.39, 0.29) is 24.0 Å². The molecule has 8 nitrogen and oxygen atoms in total. The van der Waals surface area contributed by atoms with Crippen molar-refractivity contribution in [3.05, 3.63) is 23.9 Å². The van der Waals surface area contributed by atoms with Crippen LogP contribution in [0.3, 0.4) is 0 Å². The molecule has 0 bridgehead atoms. The molecule has 1 rings (SSSR count). The zero-order valence-electron chi connectivity index (χ0n) is 17.2. The molecule has 1 amide bonds. The summed E-state index contributed by atoms with van der Waals surface area (Å²) >= 11 is 0. The summed E-state index contributed by atoms with van der Waals surface area (Å²) in [5.41, 5.74) is -0.221. The van der Waals surface area contributed by atoms with Gasteiger partial charge in [-0.15, -0.1) is 24.0 Å². The first-order chi connectivity index (χ1) is 12.0.